The third kappa shape index (κ3) is 5.38. The lowest BCUT2D eigenvalue weighted by molar-refractivity contribution is 0.0628. The van der Waals surface area contributed by atoms with Crippen LogP contribution in [0.25, 0.3) is 0 Å². The van der Waals surface area contributed by atoms with E-state index in [0.717, 1.165) is 44.0 Å². The highest BCUT2D eigenvalue weighted by Crippen LogP contribution is 2.18. The van der Waals surface area contributed by atoms with Crippen LogP contribution in [-0.2, 0) is 13.2 Å². The second kappa shape index (κ2) is 9.74. The van der Waals surface area contributed by atoms with Crippen molar-refractivity contribution in [2.75, 3.05) is 26.2 Å². The molecule has 2 aromatic carbocycles. The molecule has 1 fully saturated rings. The van der Waals surface area contributed by atoms with E-state index >= 15 is 0 Å². The Morgan fingerprint density at radius 1 is 0.867 bits per heavy atom. The summed E-state index contributed by atoms with van der Waals surface area (Å²) in [6, 6.07) is 19.0. The standard InChI is InChI=1S/C24H24ClN3O2/c25-22-5-7-23(8-6-22)30-18-20-1-3-21(4-2-20)24(29)28-15-13-27(14-16-28)17-19-9-11-26-12-10-19/h1-12H,13-18H2. The Hall–Kier alpha value is -2.89. The van der Waals surface area contributed by atoms with Gasteiger partial charge in [0.15, 0.2) is 0 Å². The quantitative estimate of drug-likeness (QED) is 0.596. The lowest BCUT2D eigenvalue weighted by Crippen LogP contribution is -2.48. The van der Waals surface area contributed by atoms with E-state index in [2.05, 4.69) is 9.88 Å². The van der Waals surface area contributed by atoms with Crippen molar-refractivity contribution in [3.05, 3.63) is 94.8 Å². The first-order valence-corrected chi connectivity index (χ1v) is 10.4. The molecular weight excluding hydrogens is 398 g/mol. The largest absolute Gasteiger partial charge is 0.489 e. The minimum atomic E-state index is 0.0868. The van der Waals surface area contributed by atoms with Crippen molar-refractivity contribution in [3.8, 4) is 5.75 Å². The van der Waals surface area contributed by atoms with Gasteiger partial charge < -0.3 is 9.64 Å². The van der Waals surface area contributed by atoms with E-state index in [-0.39, 0.29) is 5.91 Å². The van der Waals surface area contributed by atoms with Crippen LogP contribution >= 0.6 is 11.6 Å². The molecule has 0 bridgehead atoms. The van der Waals surface area contributed by atoms with Gasteiger partial charge in [-0.1, -0.05) is 23.7 Å². The van der Waals surface area contributed by atoms with Crippen molar-refractivity contribution in [1.82, 2.24) is 14.8 Å². The summed E-state index contributed by atoms with van der Waals surface area (Å²) in [5.41, 5.74) is 2.98. The van der Waals surface area contributed by atoms with E-state index in [1.807, 2.05) is 65.8 Å². The SMILES string of the molecule is O=C(c1ccc(COc2ccc(Cl)cc2)cc1)N1CCN(Cc2ccncc2)CC1. The molecule has 0 unspecified atom stereocenters. The summed E-state index contributed by atoms with van der Waals surface area (Å²) in [6.45, 7) is 4.58. The summed E-state index contributed by atoms with van der Waals surface area (Å²) in [5.74, 6) is 0.855. The normalized spacial score (nSPS) is 14.5. The minimum Gasteiger partial charge on any atom is -0.489 e. The fourth-order valence-corrected chi connectivity index (χ4v) is 3.61. The molecule has 2 heterocycles. The fraction of sp³-hybridized carbons (Fsp3) is 0.250. The first-order valence-electron chi connectivity index (χ1n) is 10.1. The van der Waals surface area contributed by atoms with Crippen molar-refractivity contribution in [2.45, 2.75) is 13.2 Å². The molecule has 0 aliphatic carbocycles. The molecule has 1 aliphatic heterocycles. The monoisotopic (exact) mass is 421 g/mol. The van der Waals surface area contributed by atoms with Crippen LogP contribution in [0.1, 0.15) is 21.5 Å². The van der Waals surface area contributed by atoms with E-state index in [1.165, 1.54) is 5.56 Å². The Morgan fingerprint density at radius 2 is 1.53 bits per heavy atom. The molecule has 6 heteroatoms. The smallest absolute Gasteiger partial charge is 0.253 e. The van der Waals surface area contributed by atoms with Gasteiger partial charge in [-0.15, -0.1) is 0 Å². The average molecular weight is 422 g/mol. The van der Waals surface area contributed by atoms with Crippen molar-refractivity contribution in [2.24, 2.45) is 0 Å². The zero-order valence-corrected chi connectivity index (χ0v) is 17.5. The Labute approximate surface area is 181 Å². The highest BCUT2D eigenvalue weighted by atomic mass is 35.5. The maximum absolute atomic E-state index is 12.8. The minimum absolute atomic E-state index is 0.0868. The van der Waals surface area contributed by atoms with Gasteiger partial charge in [0.25, 0.3) is 5.91 Å². The summed E-state index contributed by atoms with van der Waals surface area (Å²) >= 11 is 5.89. The third-order valence-corrected chi connectivity index (χ3v) is 5.49. The van der Waals surface area contributed by atoms with Crippen LogP contribution in [-0.4, -0.2) is 46.9 Å². The van der Waals surface area contributed by atoms with Gasteiger partial charge in [0.05, 0.1) is 0 Å². The number of ether oxygens (including phenoxy) is 1. The summed E-state index contributed by atoms with van der Waals surface area (Å²) in [4.78, 5) is 21.2. The Kier molecular flexibility index (Phi) is 6.62. The highest BCUT2D eigenvalue weighted by Gasteiger charge is 2.22. The number of piperazine rings is 1. The van der Waals surface area contributed by atoms with Gasteiger partial charge in [0.1, 0.15) is 12.4 Å². The lowest BCUT2D eigenvalue weighted by Gasteiger charge is -2.34. The molecular formula is C24H24ClN3O2. The molecule has 154 valence electrons. The Balaban J connectivity index is 1.27. The van der Waals surface area contributed by atoms with Gasteiger partial charge >= 0.3 is 0 Å². The van der Waals surface area contributed by atoms with Crippen LogP contribution in [0.3, 0.4) is 0 Å². The number of halogens is 1. The van der Waals surface area contributed by atoms with Gasteiger partial charge in [0, 0.05) is 55.7 Å². The predicted molar refractivity (Wildman–Crippen MR) is 118 cm³/mol. The number of carbonyl (C=O) groups is 1. The van der Waals surface area contributed by atoms with Gasteiger partial charge in [-0.3, -0.25) is 14.7 Å². The second-order valence-corrected chi connectivity index (χ2v) is 7.80. The number of nitrogens with zero attached hydrogens (tertiary/aromatic N) is 3. The van der Waals surface area contributed by atoms with Gasteiger partial charge in [-0.05, 0) is 59.7 Å². The number of carbonyl (C=O) groups excluding carboxylic acids is 1. The predicted octanol–water partition coefficient (Wildman–Crippen LogP) is 4.27. The highest BCUT2D eigenvalue weighted by molar-refractivity contribution is 6.30. The molecule has 3 aromatic rings. The molecule has 1 aromatic heterocycles. The van der Waals surface area contributed by atoms with Crippen LogP contribution in [0.4, 0.5) is 0 Å². The van der Waals surface area contributed by atoms with Gasteiger partial charge in [0.2, 0.25) is 0 Å². The summed E-state index contributed by atoms with van der Waals surface area (Å²) < 4.78 is 5.76. The number of aromatic nitrogens is 1. The maximum Gasteiger partial charge on any atom is 0.253 e. The van der Waals surface area contributed by atoms with Gasteiger partial charge in [-0.2, -0.15) is 0 Å². The molecule has 0 saturated carbocycles. The van der Waals surface area contributed by atoms with Crippen LogP contribution in [0, 0.1) is 0 Å². The van der Waals surface area contributed by atoms with E-state index in [1.54, 1.807) is 12.1 Å². The third-order valence-electron chi connectivity index (χ3n) is 5.24. The zero-order valence-electron chi connectivity index (χ0n) is 16.7. The van der Waals surface area contributed by atoms with E-state index < -0.39 is 0 Å². The number of rotatable bonds is 6. The number of hydrogen-bond donors (Lipinski definition) is 0. The molecule has 1 aliphatic rings. The molecule has 0 atom stereocenters. The maximum atomic E-state index is 12.8. The lowest BCUT2D eigenvalue weighted by atomic mass is 10.1. The fourth-order valence-electron chi connectivity index (χ4n) is 3.48. The van der Waals surface area contributed by atoms with Crippen LogP contribution in [0.2, 0.25) is 5.02 Å². The topological polar surface area (TPSA) is 45.7 Å². The van der Waals surface area contributed by atoms with Crippen LogP contribution < -0.4 is 4.74 Å². The summed E-state index contributed by atoms with van der Waals surface area (Å²) in [7, 11) is 0. The average Bonchev–Trinajstić information content (AvgIpc) is 2.80. The number of amides is 1. The molecule has 0 radical (unpaired) electrons. The summed E-state index contributed by atoms with van der Waals surface area (Å²) in [5, 5.41) is 0.684. The number of benzene rings is 2. The number of pyridine rings is 1. The molecule has 4 rings (SSSR count). The molecule has 0 N–H and O–H groups in total. The van der Waals surface area contributed by atoms with Crippen molar-refractivity contribution in [3.63, 3.8) is 0 Å². The van der Waals surface area contributed by atoms with Crippen molar-refractivity contribution < 1.29 is 9.53 Å². The second-order valence-electron chi connectivity index (χ2n) is 7.36. The summed E-state index contributed by atoms with van der Waals surface area (Å²) in [6.07, 6.45) is 3.64. The molecule has 5 nitrogen and oxygen atoms in total. The van der Waals surface area contributed by atoms with E-state index in [9.17, 15) is 4.79 Å². The molecule has 0 spiro atoms. The first-order chi connectivity index (χ1) is 14.7. The van der Waals surface area contributed by atoms with Crippen LogP contribution in [0.5, 0.6) is 5.75 Å². The van der Waals surface area contributed by atoms with Crippen molar-refractivity contribution >= 4 is 17.5 Å². The zero-order chi connectivity index (χ0) is 20.8. The molecule has 30 heavy (non-hydrogen) atoms. The Bertz CT molecular complexity index is 954. The van der Waals surface area contributed by atoms with E-state index in [0.29, 0.717) is 17.2 Å². The molecule has 1 saturated heterocycles. The first kappa shape index (κ1) is 20.4. The van der Waals surface area contributed by atoms with E-state index in [4.69, 9.17) is 16.3 Å². The van der Waals surface area contributed by atoms with Crippen molar-refractivity contribution in [1.29, 1.82) is 0 Å². The van der Waals surface area contributed by atoms with Crippen LogP contribution in [0.15, 0.2) is 73.1 Å². The Morgan fingerprint density at radius 3 is 2.20 bits per heavy atom. The van der Waals surface area contributed by atoms with Gasteiger partial charge in [-0.25, -0.2) is 0 Å². The molecule has 1 amide bonds. The number of hydrogen-bond acceptors (Lipinski definition) is 4.